The first-order valence-electron chi connectivity index (χ1n) is 3.12. The van der Waals surface area contributed by atoms with E-state index in [2.05, 4.69) is 23.9 Å². The summed E-state index contributed by atoms with van der Waals surface area (Å²) in [6.45, 7) is 0. The van der Waals surface area contributed by atoms with Crippen molar-refractivity contribution in [2.75, 3.05) is 6.26 Å². The predicted octanol–water partition coefficient (Wildman–Crippen LogP) is 3.02. The van der Waals surface area contributed by atoms with Gasteiger partial charge in [0.2, 0.25) is 0 Å². The molecule has 0 aromatic carbocycles. The van der Waals surface area contributed by atoms with Gasteiger partial charge in [-0.25, -0.2) is 0 Å². The van der Waals surface area contributed by atoms with Crippen LogP contribution in [0.15, 0.2) is 24.5 Å². The van der Waals surface area contributed by atoms with Crippen molar-refractivity contribution in [3.63, 3.8) is 0 Å². The summed E-state index contributed by atoms with van der Waals surface area (Å²) >= 11 is 4.41. The average molecular weight is 203 g/mol. The van der Waals surface area contributed by atoms with Crippen molar-refractivity contribution in [1.29, 1.82) is 0 Å². The fourth-order valence-corrected chi connectivity index (χ4v) is 2.95. The van der Waals surface area contributed by atoms with Gasteiger partial charge in [-0.05, 0) is 24.0 Å². The van der Waals surface area contributed by atoms with E-state index in [1.54, 1.807) is 34.0 Å². The molecule has 1 aromatic heterocycles. The SMILES string of the molecule is CSSC(S)c1ccncc1. The minimum absolute atomic E-state index is 0.257. The van der Waals surface area contributed by atoms with Crippen LogP contribution in [0.3, 0.4) is 0 Å². The number of rotatable bonds is 3. The zero-order valence-electron chi connectivity index (χ0n) is 6.10. The van der Waals surface area contributed by atoms with Crippen LogP contribution in [0.2, 0.25) is 0 Å². The second-order valence-corrected chi connectivity index (χ2v) is 5.34. The molecule has 0 aliphatic carbocycles. The van der Waals surface area contributed by atoms with Crippen molar-refractivity contribution in [3.8, 4) is 0 Å². The van der Waals surface area contributed by atoms with Crippen molar-refractivity contribution >= 4 is 34.2 Å². The highest BCUT2D eigenvalue weighted by Crippen LogP contribution is 2.38. The molecule has 1 rings (SSSR count). The fraction of sp³-hybridized carbons (Fsp3) is 0.286. The Hall–Kier alpha value is 0.200. The number of hydrogen-bond donors (Lipinski definition) is 1. The van der Waals surface area contributed by atoms with E-state index in [4.69, 9.17) is 0 Å². The van der Waals surface area contributed by atoms with Crippen molar-refractivity contribution in [3.05, 3.63) is 30.1 Å². The van der Waals surface area contributed by atoms with Crippen LogP contribution in [0.25, 0.3) is 0 Å². The van der Waals surface area contributed by atoms with E-state index in [0.717, 1.165) is 0 Å². The third-order valence-corrected chi connectivity index (χ3v) is 4.02. The summed E-state index contributed by atoms with van der Waals surface area (Å²) in [6, 6.07) is 3.97. The standard InChI is InChI=1S/C7H9NS3/c1-10-11-7(9)6-2-4-8-5-3-6/h2-5,7,9H,1H3. The highest BCUT2D eigenvalue weighted by atomic mass is 33.1. The van der Waals surface area contributed by atoms with Crippen molar-refractivity contribution < 1.29 is 0 Å². The number of aromatic nitrogens is 1. The molecule has 0 saturated heterocycles. The van der Waals surface area contributed by atoms with E-state index in [0.29, 0.717) is 0 Å². The van der Waals surface area contributed by atoms with Gasteiger partial charge >= 0.3 is 0 Å². The molecule has 0 aliphatic heterocycles. The van der Waals surface area contributed by atoms with Gasteiger partial charge in [0.1, 0.15) is 0 Å². The average Bonchev–Trinajstić information content (AvgIpc) is 2.07. The molecule has 0 amide bonds. The lowest BCUT2D eigenvalue weighted by Crippen LogP contribution is -1.82. The van der Waals surface area contributed by atoms with Gasteiger partial charge in [0.15, 0.2) is 0 Å². The maximum Gasteiger partial charge on any atom is 0.0826 e. The molecule has 0 saturated carbocycles. The molecule has 60 valence electrons. The first kappa shape index (κ1) is 9.29. The van der Waals surface area contributed by atoms with Crippen LogP contribution in [0.1, 0.15) is 10.1 Å². The Kier molecular flexibility index (Phi) is 4.18. The smallest absolute Gasteiger partial charge is 0.0826 e. The molecule has 1 unspecified atom stereocenters. The second-order valence-electron chi connectivity index (χ2n) is 1.90. The minimum atomic E-state index is 0.257. The molecular formula is C7H9NS3. The first-order valence-corrected chi connectivity index (χ1v) is 6.26. The normalized spacial score (nSPS) is 12.9. The molecule has 1 heterocycles. The summed E-state index contributed by atoms with van der Waals surface area (Å²) in [6.07, 6.45) is 5.63. The van der Waals surface area contributed by atoms with Gasteiger partial charge in [0, 0.05) is 12.4 Å². The van der Waals surface area contributed by atoms with Crippen molar-refractivity contribution in [2.45, 2.75) is 4.58 Å². The van der Waals surface area contributed by atoms with Gasteiger partial charge in [0.25, 0.3) is 0 Å². The molecule has 11 heavy (non-hydrogen) atoms. The van der Waals surface area contributed by atoms with Crippen LogP contribution in [0.5, 0.6) is 0 Å². The molecule has 0 spiro atoms. The molecule has 1 atom stereocenters. The van der Waals surface area contributed by atoms with Gasteiger partial charge in [-0.15, -0.1) is 0 Å². The van der Waals surface area contributed by atoms with Crippen molar-refractivity contribution in [1.82, 2.24) is 4.98 Å². The molecule has 1 aromatic rings. The van der Waals surface area contributed by atoms with Crippen molar-refractivity contribution in [2.24, 2.45) is 0 Å². The third kappa shape index (κ3) is 2.97. The van der Waals surface area contributed by atoms with Crippen LogP contribution in [0.4, 0.5) is 0 Å². The van der Waals surface area contributed by atoms with E-state index >= 15 is 0 Å². The molecule has 0 N–H and O–H groups in total. The number of thiol groups is 1. The Bertz CT molecular complexity index is 202. The zero-order chi connectivity index (χ0) is 8.10. The van der Waals surface area contributed by atoms with Crippen LogP contribution in [0, 0.1) is 0 Å². The summed E-state index contributed by atoms with van der Waals surface area (Å²) in [5.74, 6) is 0. The van der Waals surface area contributed by atoms with E-state index in [1.807, 2.05) is 12.1 Å². The molecule has 4 heteroatoms. The van der Waals surface area contributed by atoms with E-state index in [-0.39, 0.29) is 4.58 Å². The lowest BCUT2D eigenvalue weighted by Gasteiger charge is -2.06. The van der Waals surface area contributed by atoms with E-state index in [9.17, 15) is 0 Å². The summed E-state index contributed by atoms with van der Waals surface area (Å²) in [7, 11) is 3.46. The highest BCUT2D eigenvalue weighted by Gasteiger charge is 2.04. The molecular weight excluding hydrogens is 194 g/mol. The van der Waals surface area contributed by atoms with Crippen LogP contribution in [-0.4, -0.2) is 11.2 Å². The molecule has 0 bridgehead atoms. The first-order chi connectivity index (χ1) is 5.34. The van der Waals surface area contributed by atoms with Crippen LogP contribution < -0.4 is 0 Å². The molecule has 0 fully saturated rings. The molecule has 1 nitrogen and oxygen atoms in total. The highest BCUT2D eigenvalue weighted by molar-refractivity contribution is 8.77. The van der Waals surface area contributed by atoms with Gasteiger partial charge in [0.05, 0.1) is 4.58 Å². The number of pyridine rings is 1. The van der Waals surface area contributed by atoms with E-state index in [1.165, 1.54) is 5.56 Å². The maximum absolute atomic E-state index is 4.41. The Morgan fingerprint density at radius 3 is 2.64 bits per heavy atom. The Morgan fingerprint density at radius 1 is 1.45 bits per heavy atom. The lowest BCUT2D eigenvalue weighted by molar-refractivity contribution is 1.27. The lowest BCUT2D eigenvalue weighted by atomic mass is 10.3. The Morgan fingerprint density at radius 2 is 2.09 bits per heavy atom. The maximum atomic E-state index is 4.41. The summed E-state index contributed by atoms with van der Waals surface area (Å²) in [5, 5.41) is 0. The quantitative estimate of drug-likeness (QED) is 0.461. The Labute approximate surface area is 80.2 Å². The van der Waals surface area contributed by atoms with Crippen LogP contribution in [-0.2, 0) is 0 Å². The van der Waals surface area contributed by atoms with Gasteiger partial charge in [-0.2, -0.15) is 12.6 Å². The Balaban J connectivity index is 2.61. The molecule has 0 radical (unpaired) electrons. The van der Waals surface area contributed by atoms with Crippen LogP contribution >= 0.6 is 34.2 Å². The zero-order valence-corrected chi connectivity index (χ0v) is 8.63. The van der Waals surface area contributed by atoms with Gasteiger partial charge < -0.3 is 0 Å². The monoisotopic (exact) mass is 203 g/mol. The summed E-state index contributed by atoms with van der Waals surface area (Å²) in [5.41, 5.74) is 1.21. The fourth-order valence-electron chi connectivity index (χ4n) is 0.675. The second kappa shape index (κ2) is 4.95. The van der Waals surface area contributed by atoms with Gasteiger partial charge in [-0.1, -0.05) is 21.6 Å². The third-order valence-electron chi connectivity index (χ3n) is 1.18. The minimum Gasteiger partial charge on any atom is -0.265 e. The number of nitrogens with zero attached hydrogens (tertiary/aromatic N) is 1. The molecule has 0 aliphatic rings. The summed E-state index contributed by atoms with van der Waals surface area (Å²) < 4.78 is 0.257. The summed E-state index contributed by atoms with van der Waals surface area (Å²) in [4.78, 5) is 3.94. The largest absolute Gasteiger partial charge is 0.265 e. The number of hydrogen-bond acceptors (Lipinski definition) is 4. The topological polar surface area (TPSA) is 12.9 Å². The van der Waals surface area contributed by atoms with Gasteiger partial charge in [-0.3, -0.25) is 4.98 Å². The predicted molar refractivity (Wildman–Crippen MR) is 57.1 cm³/mol. The van der Waals surface area contributed by atoms with E-state index < -0.39 is 0 Å².